The van der Waals surface area contributed by atoms with Gasteiger partial charge in [0.1, 0.15) is 11.1 Å². The molecule has 1 atom stereocenters. The lowest BCUT2D eigenvalue weighted by atomic mass is 9.71. The van der Waals surface area contributed by atoms with E-state index in [1.54, 1.807) is 0 Å². The predicted molar refractivity (Wildman–Crippen MR) is 146 cm³/mol. The third-order valence-corrected chi connectivity index (χ3v) is 9.21. The van der Waals surface area contributed by atoms with Gasteiger partial charge in [0.25, 0.3) is 0 Å². The zero-order chi connectivity index (χ0) is 25.5. The van der Waals surface area contributed by atoms with Crippen molar-refractivity contribution in [2.45, 2.75) is 47.5 Å². The fraction of sp³-hybridized carbons (Fsp3) is 0.333. The first-order chi connectivity index (χ1) is 18.0. The van der Waals surface area contributed by atoms with E-state index in [0.717, 1.165) is 47.3 Å². The highest BCUT2D eigenvalue weighted by Crippen LogP contribution is 2.46. The first-order valence-corrected chi connectivity index (χ1v) is 13.9. The van der Waals surface area contributed by atoms with Crippen molar-refractivity contribution in [1.82, 2.24) is 14.5 Å². The van der Waals surface area contributed by atoms with Crippen molar-refractivity contribution in [2.75, 3.05) is 19.6 Å². The smallest absolute Gasteiger partial charge is 0.328 e. The molecule has 2 N–H and O–H groups in total. The van der Waals surface area contributed by atoms with Gasteiger partial charge >= 0.3 is 5.69 Å². The Balaban J connectivity index is 1.19. The molecule has 2 aliphatic heterocycles. The van der Waals surface area contributed by atoms with Crippen LogP contribution in [0, 0.1) is 11.3 Å². The lowest BCUT2D eigenvalue weighted by Crippen LogP contribution is -2.49. The number of fused-ring (bicyclic) bond motifs is 3. The third kappa shape index (κ3) is 4.10. The Morgan fingerprint density at radius 2 is 1.68 bits per heavy atom. The first-order valence-electron chi connectivity index (χ1n) is 12.9. The summed E-state index contributed by atoms with van der Waals surface area (Å²) in [6.07, 6.45) is 2.58. The average molecular weight is 511 g/mol. The molecule has 0 radical (unpaired) electrons. The molecule has 37 heavy (non-hydrogen) atoms. The molecule has 188 valence electrons. The SMILES string of the molecule is N#CC1(CCCN2CCC(O)(n3c(=O)[nH]c4ccccc43)CC2)c2ccccc2CSc2ccccc21. The van der Waals surface area contributed by atoms with Gasteiger partial charge in [-0.25, -0.2) is 4.79 Å². The van der Waals surface area contributed by atoms with Crippen LogP contribution in [-0.4, -0.2) is 39.2 Å². The van der Waals surface area contributed by atoms with Crippen molar-refractivity contribution in [3.8, 4) is 6.07 Å². The number of rotatable bonds is 5. The second-order valence-electron chi connectivity index (χ2n) is 10.2. The minimum absolute atomic E-state index is 0.267. The summed E-state index contributed by atoms with van der Waals surface area (Å²) in [5.74, 6) is 0.870. The largest absolute Gasteiger partial charge is 0.370 e. The van der Waals surface area contributed by atoms with Gasteiger partial charge in [-0.2, -0.15) is 5.26 Å². The Labute approximate surface area is 220 Å². The molecule has 1 fully saturated rings. The molecule has 0 saturated carbocycles. The maximum atomic E-state index is 12.7. The van der Waals surface area contributed by atoms with E-state index in [-0.39, 0.29) is 5.69 Å². The number of aliphatic hydroxyl groups is 1. The highest BCUT2D eigenvalue weighted by Gasteiger charge is 2.40. The molecule has 1 aromatic heterocycles. The van der Waals surface area contributed by atoms with Crippen LogP contribution in [0.4, 0.5) is 0 Å². The Bertz CT molecular complexity index is 1490. The van der Waals surface area contributed by atoms with Gasteiger partial charge in [-0.1, -0.05) is 54.6 Å². The summed E-state index contributed by atoms with van der Waals surface area (Å²) in [5.41, 5.74) is 2.81. The molecule has 3 aromatic carbocycles. The van der Waals surface area contributed by atoms with Crippen LogP contribution >= 0.6 is 11.8 Å². The topological polar surface area (TPSA) is 85.1 Å². The molecule has 0 aliphatic carbocycles. The van der Waals surface area contributed by atoms with E-state index in [9.17, 15) is 15.2 Å². The van der Waals surface area contributed by atoms with Gasteiger partial charge in [-0.05, 0) is 54.3 Å². The van der Waals surface area contributed by atoms with Gasteiger partial charge < -0.3 is 15.0 Å². The van der Waals surface area contributed by atoms with Crippen molar-refractivity contribution in [3.63, 3.8) is 0 Å². The van der Waals surface area contributed by atoms with Crippen LogP contribution in [0.15, 0.2) is 82.5 Å². The molecule has 0 amide bonds. The number of aromatic amines is 1. The molecule has 1 unspecified atom stereocenters. The number of nitrogens with zero attached hydrogens (tertiary/aromatic N) is 3. The fourth-order valence-corrected chi connectivity index (χ4v) is 7.28. The number of piperidine rings is 1. The van der Waals surface area contributed by atoms with Crippen molar-refractivity contribution in [3.05, 3.63) is 100.0 Å². The number of hydrogen-bond acceptors (Lipinski definition) is 5. The van der Waals surface area contributed by atoms with E-state index in [2.05, 4.69) is 52.4 Å². The molecule has 6 rings (SSSR count). The zero-order valence-electron chi connectivity index (χ0n) is 20.7. The van der Waals surface area contributed by atoms with Crippen LogP contribution in [0.25, 0.3) is 11.0 Å². The number of aromatic nitrogens is 2. The minimum Gasteiger partial charge on any atom is -0.370 e. The van der Waals surface area contributed by atoms with Gasteiger partial charge in [0, 0.05) is 36.6 Å². The summed E-state index contributed by atoms with van der Waals surface area (Å²) in [7, 11) is 0. The summed E-state index contributed by atoms with van der Waals surface area (Å²) >= 11 is 1.81. The monoisotopic (exact) mass is 510 g/mol. The first kappa shape index (κ1) is 24.1. The Morgan fingerprint density at radius 3 is 2.49 bits per heavy atom. The molecule has 1 saturated heterocycles. The second kappa shape index (κ2) is 9.53. The van der Waals surface area contributed by atoms with Crippen LogP contribution in [-0.2, 0) is 16.9 Å². The second-order valence-corrected chi connectivity index (χ2v) is 11.2. The molecule has 6 nitrogen and oxygen atoms in total. The number of H-pyrrole nitrogens is 1. The maximum absolute atomic E-state index is 12.7. The Kier molecular flexibility index (Phi) is 6.20. The van der Waals surface area contributed by atoms with E-state index in [1.807, 2.05) is 48.2 Å². The van der Waals surface area contributed by atoms with Crippen LogP contribution in [0.5, 0.6) is 0 Å². The number of hydrogen-bond donors (Lipinski definition) is 2. The normalized spacial score (nSPS) is 21.1. The number of nitrogens with one attached hydrogen (secondary N) is 1. The Hall–Kier alpha value is -3.31. The van der Waals surface area contributed by atoms with E-state index in [4.69, 9.17) is 0 Å². The molecule has 7 heteroatoms. The summed E-state index contributed by atoms with van der Waals surface area (Å²) in [4.78, 5) is 19.1. The molecule has 0 spiro atoms. The third-order valence-electron chi connectivity index (χ3n) is 8.09. The van der Waals surface area contributed by atoms with Crippen LogP contribution < -0.4 is 5.69 Å². The zero-order valence-corrected chi connectivity index (χ0v) is 21.5. The van der Waals surface area contributed by atoms with Crippen LogP contribution in [0.1, 0.15) is 42.4 Å². The molecular formula is C30H30N4O2S. The van der Waals surface area contributed by atoms with Gasteiger partial charge in [0.15, 0.2) is 0 Å². The van der Waals surface area contributed by atoms with Gasteiger partial charge in [0.05, 0.1) is 17.1 Å². The quantitative estimate of drug-likeness (QED) is 0.396. The lowest BCUT2D eigenvalue weighted by Gasteiger charge is -2.39. The fourth-order valence-electron chi connectivity index (χ4n) is 6.15. The molecular weight excluding hydrogens is 480 g/mol. The highest BCUT2D eigenvalue weighted by atomic mass is 32.2. The summed E-state index contributed by atoms with van der Waals surface area (Å²) in [5, 5.41) is 22.1. The van der Waals surface area contributed by atoms with Crippen molar-refractivity contribution >= 4 is 22.8 Å². The molecule has 0 bridgehead atoms. The number of imidazole rings is 1. The predicted octanol–water partition coefficient (Wildman–Crippen LogP) is 4.97. The lowest BCUT2D eigenvalue weighted by molar-refractivity contribution is -0.0861. The van der Waals surface area contributed by atoms with Gasteiger partial charge in [-0.15, -0.1) is 11.8 Å². The number of benzene rings is 3. The summed E-state index contributed by atoms with van der Waals surface area (Å²) in [6.45, 7) is 2.25. The van der Waals surface area contributed by atoms with Gasteiger partial charge in [-0.3, -0.25) is 4.57 Å². The average Bonchev–Trinajstić information content (AvgIpc) is 3.21. The van der Waals surface area contributed by atoms with E-state index in [0.29, 0.717) is 25.9 Å². The van der Waals surface area contributed by atoms with E-state index in [1.165, 1.54) is 15.0 Å². The standard InChI is InChI=1S/C30H30N4O2S/c31-21-29(23-9-2-1-8-22(23)20-37-27-13-6-3-10-24(27)29)14-7-17-33-18-15-30(36,16-19-33)34-26-12-5-4-11-25(26)32-28(34)35/h1-6,8-13,36H,7,14-20H2,(H,32,35). The Morgan fingerprint density at radius 1 is 0.973 bits per heavy atom. The molecule has 4 aromatic rings. The van der Waals surface area contributed by atoms with Crippen LogP contribution in [0.3, 0.4) is 0 Å². The molecule has 3 heterocycles. The number of likely N-dealkylation sites (tertiary alicyclic amines) is 1. The number of para-hydroxylation sites is 2. The van der Waals surface area contributed by atoms with Gasteiger partial charge in [0.2, 0.25) is 0 Å². The van der Waals surface area contributed by atoms with E-state index >= 15 is 0 Å². The van der Waals surface area contributed by atoms with E-state index < -0.39 is 11.1 Å². The minimum atomic E-state index is -1.20. The van der Waals surface area contributed by atoms with Crippen molar-refractivity contribution in [1.29, 1.82) is 5.26 Å². The molecule has 2 aliphatic rings. The van der Waals surface area contributed by atoms with Crippen LogP contribution in [0.2, 0.25) is 0 Å². The maximum Gasteiger partial charge on any atom is 0.328 e. The summed E-state index contributed by atoms with van der Waals surface area (Å²) in [6, 6.07) is 27.0. The number of thioether (sulfide) groups is 1. The van der Waals surface area contributed by atoms with Crippen molar-refractivity contribution < 1.29 is 5.11 Å². The highest BCUT2D eigenvalue weighted by molar-refractivity contribution is 7.98. The number of nitriles is 1. The van der Waals surface area contributed by atoms with Crippen molar-refractivity contribution in [2.24, 2.45) is 0 Å². The summed E-state index contributed by atoms with van der Waals surface area (Å²) < 4.78 is 1.53.